The highest BCUT2D eigenvalue weighted by Gasteiger charge is 2.31. The van der Waals surface area contributed by atoms with Crippen LogP contribution in [-0.4, -0.2) is 51.7 Å². The summed E-state index contributed by atoms with van der Waals surface area (Å²) in [5.41, 5.74) is 1.77. The highest BCUT2D eigenvalue weighted by molar-refractivity contribution is 5.97. The van der Waals surface area contributed by atoms with Crippen LogP contribution in [0.5, 0.6) is 0 Å². The van der Waals surface area contributed by atoms with Gasteiger partial charge in [0.15, 0.2) is 0 Å². The van der Waals surface area contributed by atoms with E-state index >= 15 is 0 Å². The molecular formula is C18H23N5O4. The number of nitrogens with one attached hydrogen (secondary N) is 2. The van der Waals surface area contributed by atoms with Gasteiger partial charge in [-0.3, -0.25) is 14.5 Å². The van der Waals surface area contributed by atoms with E-state index in [1.807, 2.05) is 42.7 Å². The van der Waals surface area contributed by atoms with Crippen molar-refractivity contribution in [1.82, 2.24) is 20.2 Å². The quantitative estimate of drug-likeness (QED) is 0.703. The van der Waals surface area contributed by atoms with Crippen molar-refractivity contribution in [3.63, 3.8) is 0 Å². The predicted octanol–water partition coefficient (Wildman–Crippen LogP) is 1.18. The zero-order chi connectivity index (χ0) is 19.6. The summed E-state index contributed by atoms with van der Waals surface area (Å²) in [5, 5.41) is 13.8. The van der Waals surface area contributed by atoms with Gasteiger partial charge in [0.2, 0.25) is 11.9 Å². The van der Waals surface area contributed by atoms with Crippen LogP contribution in [0.15, 0.2) is 24.3 Å². The van der Waals surface area contributed by atoms with Crippen molar-refractivity contribution in [2.75, 3.05) is 18.0 Å². The van der Waals surface area contributed by atoms with Crippen molar-refractivity contribution in [1.29, 1.82) is 0 Å². The van der Waals surface area contributed by atoms with E-state index in [0.29, 0.717) is 25.5 Å². The molecule has 1 atom stereocenters. The van der Waals surface area contributed by atoms with Crippen molar-refractivity contribution in [2.24, 2.45) is 5.92 Å². The topological polar surface area (TPSA) is 117 Å². The number of carbonyl (C=O) groups excluding carboxylic acids is 2. The molecule has 1 unspecified atom stereocenters. The van der Waals surface area contributed by atoms with Gasteiger partial charge in [0, 0.05) is 13.1 Å². The van der Waals surface area contributed by atoms with Crippen LogP contribution in [0.1, 0.15) is 20.3 Å². The van der Waals surface area contributed by atoms with Gasteiger partial charge in [-0.2, -0.15) is 0 Å². The molecular weight excluding hydrogens is 350 g/mol. The fraction of sp³-hybridized carbons (Fsp3) is 0.444. The summed E-state index contributed by atoms with van der Waals surface area (Å²) in [4.78, 5) is 41.8. The maximum absolute atomic E-state index is 12.8. The lowest BCUT2D eigenvalue weighted by molar-refractivity contribution is -0.138. The highest BCUT2D eigenvalue weighted by atomic mass is 16.4. The molecule has 0 aliphatic carbocycles. The molecule has 3 amide bonds. The number of imidazole rings is 1. The molecule has 0 saturated carbocycles. The number of hydrogen-bond acceptors (Lipinski definition) is 4. The molecule has 9 nitrogen and oxygen atoms in total. The lowest BCUT2D eigenvalue weighted by Crippen LogP contribution is -2.52. The number of fused-ring (bicyclic) bond motifs is 3. The van der Waals surface area contributed by atoms with Crippen LogP contribution in [0.4, 0.5) is 10.7 Å². The van der Waals surface area contributed by atoms with Gasteiger partial charge in [0.1, 0.15) is 12.6 Å². The maximum Gasteiger partial charge on any atom is 0.324 e. The third kappa shape index (κ3) is 4.02. The summed E-state index contributed by atoms with van der Waals surface area (Å²) in [5.74, 6) is -0.949. The minimum Gasteiger partial charge on any atom is -0.480 e. The molecule has 0 fully saturated rings. The van der Waals surface area contributed by atoms with E-state index in [0.717, 1.165) is 11.0 Å². The number of aliphatic carboxylic acids is 1. The Balaban J connectivity index is 1.75. The Kier molecular flexibility index (Phi) is 5.29. The summed E-state index contributed by atoms with van der Waals surface area (Å²) in [6.07, 6.45) is 0.404. The number of amides is 3. The van der Waals surface area contributed by atoms with Crippen LogP contribution in [0.3, 0.4) is 0 Å². The molecule has 3 rings (SSSR count). The second-order valence-electron chi connectivity index (χ2n) is 6.95. The Labute approximate surface area is 156 Å². The van der Waals surface area contributed by atoms with Crippen molar-refractivity contribution in [2.45, 2.75) is 32.9 Å². The van der Waals surface area contributed by atoms with Crippen LogP contribution in [0.2, 0.25) is 0 Å². The first-order valence-corrected chi connectivity index (χ1v) is 8.89. The number of hydrogen-bond donors (Lipinski definition) is 3. The molecule has 0 saturated heterocycles. The Hall–Kier alpha value is -3.10. The van der Waals surface area contributed by atoms with Gasteiger partial charge in [0.25, 0.3) is 0 Å². The number of nitrogens with zero attached hydrogens (tertiary/aromatic N) is 3. The monoisotopic (exact) mass is 373 g/mol. The van der Waals surface area contributed by atoms with Crippen molar-refractivity contribution in [3.8, 4) is 0 Å². The van der Waals surface area contributed by atoms with Crippen LogP contribution in [0, 0.1) is 5.92 Å². The predicted molar refractivity (Wildman–Crippen MR) is 99.5 cm³/mol. The van der Waals surface area contributed by atoms with Crippen LogP contribution in [-0.2, 0) is 16.1 Å². The van der Waals surface area contributed by atoms with Crippen LogP contribution >= 0.6 is 0 Å². The smallest absolute Gasteiger partial charge is 0.324 e. The normalized spacial score (nSPS) is 14.3. The Morgan fingerprint density at radius 1 is 1.22 bits per heavy atom. The van der Waals surface area contributed by atoms with E-state index in [-0.39, 0.29) is 5.92 Å². The minimum atomic E-state index is -1.13. The van der Waals surface area contributed by atoms with E-state index in [2.05, 4.69) is 15.6 Å². The van der Waals surface area contributed by atoms with Gasteiger partial charge in [-0.15, -0.1) is 0 Å². The fourth-order valence-electron chi connectivity index (χ4n) is 3.20. The second-order valence-corrected chi connectivity index (χ2v) is 6.95. The first-order chi connectivity index (χ1) is 12.9. The van der Waals surface area contributed by atoms with Crippen molar-refractivity contribution in [3.05, 3.63) is 24.3 Å². The van der Waals surface area contributed by atoms with Crippen LogP contribution < -0.4 is 15.5 Å². The van der Waals surface area contributed by atoms with Crippen molar-refractivity contribution >= 4 is 34.9 Å². The Morgan fingerprint density at radius 2 is 1.96 bits per heavy atom. The lowest BCUT2D eigenvalue weighted by atomic mass is 10.0. The molecule has 0 spiro atoms. The number of anilines is 1. The van der Waals surface area contributed by atoms with E-state index < -0.39 is 30.5 Å². The van der Waals surface area contributed by atoms with E-state index in [9.17, 15) is 14.4 Å². The molecule has 2 aromatic rings. The first kappa shape index (κ1) is 18.7. The Bertz CT molecular complexity index is 876. The minimum absolute atomic E-state index is 0.147. The zero-order valence-corrected chi connectivity index (χ0v) is 15.3. The van der Waals surface area contributed by atoms with Gasteiger partial charge >= 0.3 is 12.0 Å². The highest BCUT2D eigenvalue weighted by Crippen LogP contribution is 2.27. The molecule has 1 aromatic carbocycles. The van der Waals surface area contributed by atoms with E-state index in [1.165, 1.54) is 4.90 Å². The summed E-state index contributed by atoms with van der Waals surface area (Å²) in [7, 11) is 0. The standard InChI is InChI=1S/C18H23N5O4/c1-11(2)9-13(16(26)19-10-15(24)25)21-18(27)23-8-7-22-14-6-4-3-5-12(14)20-17(22)23/h3-6,11,13H,7-10H2,1-2H3,(H,19,26)(H,21,27)(H,24,25). The van der Waals surface area contributed by atoms with E-state index in [1.54, 1.807) is 0 Å². The molecule has 0 bridgehead atoms. The third-order valence-electron chi connectivity index (χ3n) is 4.40. The number of benzene rings is 1. The number of urea groups is 1. The second kappa shape index (κ2) is 7.65. The fourth-order valence-corrected chi connectivity index (χ4v) is 3.20. The number of aromatic nitrogens is 2. The molecule has 0 radical (unpaired) electrons. The summed E-state index contributed by atoms with van der Waals surface area (Å²) < 4.78 is 1.97. The number of carbonyl (C=O) groups is 3. The molecule has 9 heteroatoms. The van der Waals surface area contributed by atoms with Gasteiger partial charge in [-0.1, -0.05) is 26.0 Å². The number of carboxylic acid groups (broad SMARTS) is 1. The molecule has 3 N–H and O–H groups in total. The third-order valence-corrected chi connectivity index (χ3v) is 4.40. The molecule has 2 heterocycles. The van der Waals surface area contributed by atoms with Crippen LogP contribution in [0.25, 0.3) is 11.0 Å². The molecule has 144 valence electrons. The summed E-state index contributed by atoms with van der Waals surface area (Å²) in [6, 6.07) is 6.42. The Morgan fingerprint density at radius 3 is 2.67 bits per heavy atom. The zero-order valence-electron chi connectivity index (χ0n) is 15.3. The average Bonchev–Trinajstić information content (AvgIpc) is 3.17. The lowest BCUT2D eigenvalue weighted by Gasteiger charge is -2.23. The molecule has 27 heavy (non-hydrogen) atoms. The number of para-hydroxylation sites is 2. The average molecular weight is 373 g/mol. The van der Waals surface area contributed by atoms with Gasteiger partial charge in [-0.25, -0.2) is 9.78 Å². The SMILES string of the molecule is CC(C)CC(NC(=O)N1CCn2c1nc1ccccc12)C(=O)NCC(=O)O. The van der Waals surface area contributed by atoms with Crippen molar-refractivity contribution < 1.29 is 19.5 Å². The summed E-state index contributed by atoms with van der Waals surface area (Å²) >= 11 is 0. The number of carboxylic acids is 1. The molecule has 1 aliphatic heterocycles. The van der Waals surface area contributed by atoms with Gasteiger partial charge in [-0.05, 0) is 24.5 Å². The van der Waals surface area contributed by atoms with Gasteiger partial charge in [0.05, 0.1) is 11.0 Å². The molecule has 1 aliphatic rings. The van der Waals surface area contributed by atoms with E-state index in [4.69, 9.17) is 5.11 Å². The first-order valence-electron chi connectivity index (χ1n) is 8.89. The molecule has 1 aromatic heterocycles. The summed E-state index contributed by atoms with van der Waals surface area (Å²) in [6.45, 7) is 4.47. The van der Waals surface area contributed by atoms with Gasteiger partial charge < -0.3 is 20.3 Å². The maximum atomic E-state index is 12.8. The number of rotatable bonds is 6. The largest absolute Gasteiger partial charge is 0.480 e.